The van der Waals surface area contributed by atoms with Crippen molar-refractivity contribution in [3.05, 3.63) is 76.4 Å². The molecule has 0 bridgehead atoms. The average Bonchev–Trinajstić information content (AvgIpc) is 2.76. The van der Waals surface area contributed by atoms with Crippen LogP contribution in [0, 0.1) is 11.8 Å². The van der Waals surface area contributed by atoms with E-state index in [1.165, 1.54) is 0 Å². The number of hydrogen-bond donors (Lipinski definition) is 3. The third kappa shape index (κ3) is 4.41. The van der Waals surface area contributed by atoms with Crippen LogP contribution in [-0.2, 0) is 5.41 Å². The molecule has 6 heteroatoms. The second-order valence-electron chi connectivity index (χ2n) is 8.58. The molecule has 0 heterocycles. The van der Waals surface area contributed by atoms with E-state index in [1.54, 1.807) is 18.2 Å². The first kappa shape index (κ1) is 23.5. The molecule has 5 nitrogen and oxygen atoms in total. The van der Waals surface area contributed by atoms with E-state index < -0.39 is 24.2 Å². The molecule has 4 atom stereocenters. The highest BCUT2D eigenvalue weighted by atomic mass is 35.5. The molecule has 0 amide bonds. The minimum absolute atomic E-state index is 0.0178. The van der Waals surface area contributed by atoms with E-state index in [4.69, 9.17) is 21.4 Å². The summed E-state index contributed by atoms with van der Waals surface area (Å²) in [5.74, 6) is 0.242. The molecule has 0 aliphatic heterocycles. The van der Waals surface area contributed by atoms with Crippen LogP contribution < -0.4 is 4.74 Å². The number of allylic oxidation sites excluding steroid dienone is 7. The van der Waals surface area contributed by atoms with Gasteiger partial charge in [0.15, 0.2) is 5.78 Å². The van der Waals surface area contributed by atoms with Gasteiger partial charge < -0.3 is 20.1 Å². The molecule has 0 saturated carbocycles. The molecule has 0 spiro atoms. The zero-order valence-electron chi connectivity index (χ0n) is 18.0. The number of hydrogen-bond acceptors (Lipinski definition) is 5. The Kier molecular flexibility index (Phi) is 6.92. The van der Waals surface area contributed by atoms with Gasteiger partial charge in [-0.15, -0.1) is 6.58 Å². The maximum Gasteiger partial charge on any atom is 0.189 e. The van der Waals surface area contributed by atoms with Gasteiger partial charge in [-0.1, -0.05) is 49.2 Å². The van der Waals surface area contributed by atoms with Crippen LogP contribution in [0.4, 0.5) is 0 Å². The highest BCUT2D eigenvalue weighted by molar-refractivity contribution is 6.31. The molecule has 3 rings (SSSR count). The van der Waals surface area contributed by atoms with Crippen molar-refractivity contribution in [2.45, 2.75) is 38.4 Å². The fraction of sp³-hybridized carbons (Fsp3) is 0.400. The zero-order valence-corrected chi connectivity index (χ0v) is 18.8. The zero-order chi connectivity index (χ0) is 22.9. The third-order valence-corrected chi connectivity index (χ3v) is 6.64. The number of ketones is 1. The monoisotopic (exact) mass is 444 g/mol. The lowest BCUT2D eigenvalue weighted by molar-refractivity contribution is -0.0339. The highest BCUT2D eigenvalue weighted by Crippen LogP contribution is 2.46. The standard InChI is InChI=1S/C25H29ClO5/c1-5-15-6-7-16(26)10-19(15)23-14(2)25(3,4)20-11-17(8-9-18(20)24(23)30)31-13-22(29)21(28)12-27/h5-11,15,19,21-22,27-29H,1,12-13H2,2-4H3. The van der Waals surface area contributed by atoms with Gasteiger partial charge in [0.2, 0.25) is 0 Å². The van der Waals surface area contributed by atoms with Gasteiger partial charge in [0, 0.05) is 33.4 Å². The summed E-state index contributed by atoms with van der Waals surface area (Å²) in [5, 5.41) is 28.9. The summed E-state index contributed by atoms with van der Waals surface area (Å²) in [7, 11) is 0. The smallest absolute Gasteiger partial charge is 0.189 e. The maximum atomic E-state index is 13.6. The molecule has 4 unspecified atom stereocenters. The molecular weight excluding hydrogens is 416 g/mol. The molecule has 3 N–H and O–H groups in total. The van der Waals surface area contributed by atoms with Crippen molar-refractivity contribution in [1.82, 2.24) is 0 Å². The van der Waals surface area contributed by atoms with Crippen LogP contribution in [0.15, 0.2) is 65.3 Å². The van der Waals surface area contributed by atoms with Gasteiger partial charge in [-0.05, 0) is 36.8 Å². The molecular formula is C25H29ClO5. The van der Waals surface area contributed by atoms with Crippen LogP contribution in [0.25, 0.3) is 0 Å². The van der Waals surface area contributed by atoms with Crippen LogP contribution in [-0.4, -0.2) is 46.5 Å². The number of carbonyl (C=O) groups is 1. The first-order valence-electron chi connectivity index (χ1n) is 10.3. The summed E-state index contributed by atoms with van der Waals surface area (Å²) in [6.07, 6.45) is 5.07. The summed E-state index contributed by atoms with van der Waals surface area (Å²) in [4.78, 5) is 13.6. The van der Waals surface area contributed by atoms with Gasteiger partial charge in [0.25, 0.3) is 0 Å². The number of carbonyl (C=O) groups excluding carboxylic acids is 1. The second kappa shape index (κ2) is 9.13. The third-order valence-electron chi connectivity index (χ3n) is 6.38. The van der Waals surface area contributed by atoms with Gasteiger partial charge in [0.05, 0.1) is 6.61 Å². The van der Waals surface area contributed by atoms with E-state index in [9.17, 15) is 15.0 Å². The van der Waals surface area contributed by atoms with Crippen LogP contribution in [0.1, 0.15) is 36.7 Å². The Morgan fingerprint density at radius 2 is 2.00 bits per heavy atom. The van der Waals surface area contributed by atoms with Crippen LogP contribution >= 0.6 is 11.6 Å². The van der Waals surface area contributed by atoms with Gasteiger partial charge in [-0.2, -0.15) is 0 Å². The van der Waals surface area contributed by atoms with Crippen LogP contribution in [0.5, 0.6) is 5.75 Å². The number of aliphatic hydroxyl groups is 3. The summed E-state index contributed by atoms with van der Waals surface area (Å²) >= 11 is 6.27. The van der Waals surface area contributed by atoms with Gasteiger partial charge in [-0.25, -0.2) is 0 Å². The van der Waals surface area contributed by atoms with Crippen LogP contribution in [0.2, 0.25) is 0 Å². The molecule has 166 valence electrons. The first-order valence-corrected chi connectivity index (χ1v) is 10.7. The second-order valence-corrected chi connectivity index (χ2v) is 9.01. The molecule has 0 radical (unpaired) electrons. The van der Waals surface area contributed by atoms with E-state index in [-0.39, 0.29) is 24.2 Å². The highest BCUT2D eigenvalue weighted by Gasteiger charge is 2.40. The summed E-state index contributed by atoms with van der Waals surface area (Å²) in [6, 6.07) is 5.22. The van der Waals surface area contributed by atoms with Gasteiger partial charge >= 0.3 is 0 Å². The number of aliphatic hydroxyl groups excluding tert-OH is 3. The predicted octanol–water partition coefficient (Wildman–Crippen LogP) is 3.68. The topological polar surface area (TPSA) is 87.0 Å². The van der Waals surface area contributed by atoms with Crippen LogP contribution in [0.3, 0.4) is 0 Å². The molecule has 0 saturated heterocycles. The average molecular weight is 445 g/mol. The quantitative estimate of drug-likeness (QED) is 0.558. The van der Waals surface area contributed by atoms with Crippen molar-refractivity contribution in [3.63, 3.8) is 0 Å². The molecule has 1 aromatic rings. The Balaban J connectivity index is 1.97. The molecule has 31 heavy (non-hydrogen) atoms. The van der Waals surface area contributed by atoms with Gasteiger partial charge in [-0.3, -0.25) is 4.79 Å². The molecule has 1 aromatic carbocycles. The minimum Gasteiger partial charge on any atom is -0.491 e. The lowest BCUT2D eigenvalue weighted by Gasteiger charge is -2.38. The number of rotatable bonds is 7. The summed E-state index contributed by atoms with van der Waals surface area (Å²) in [6.45, 7) is 9.30. The molecule has 0 aromatic heterocycles. The van der Waals surface area contributed by atoms with Crippen molar-refractivity contribution in [2.75, 3.05) is 13.2 Å². The van der Waals surface area contributed by atoms with Crippen molar-refractivity contribution in [3.8, 4) is 5.75 Å². The lowest BCUT2D eigenvalue weighted by atomic mass is 9.64. The molecule has 2 aliphatic rings. The summed E-state index contributed by atoms with van der Waals surface area (Å²) in [5.41, 5.74) is 2.71. The normalized spacial score (nSPS) is 24.4. The van der Waals surface area contributed by atoms with E-state index in [0.29, 0.717) is 16.3 Å². The predicted molar refractivity (Wildman–Crippen MR) is 121 cm³/mol. The Bertz CT molecular complexity index is 972. The van der Waals surface area contributed by atoms with Crippen molar-refractivity contribution >= 4 is 17.4 Å². The maximum absolute atomic E-state index is 13.6. The van der Waals surface area contributed by atoms with E-state index in [1.807, 2.05) is 31.2 Å². The van der Waals surface area contributed by atoms with E-state index in [0.717, 1.165) is 16.7 Å². The van der Waals surface area contributed by atoms with Crippen molar-refractivity contribution in [1.29, 1.82) is 0 Å². The summed E-state index contributed by atoms with van der Waals surface area (Å²) < 4.78 is 5.61. The first-order chi connectivity index (χ1) is 14.6. The molecule has 2 aliphatic carbocycles. The Morgan fingerprint density at radius 1 is 1.29 bits per heavy atom. The SMILES string of the molecule is C=CC1C=CC(Cl)=CC1C1=C(C)C(C)(C)c2cc(OCC(O)C(O)CO)ccc2C1=O. The number of Topliss-reactive ketones (excluding diaryl/α,β-unsaturated/α-hetero) is 1. The number of halogens is 1. The largest absolute Gasteiger partial charge is 0.491 e. The van der Waals surface area contributed by atoms with E-state index >= 15 is 0 Å². The minimum atomic E-state index is -1.27. The van der Waals surface area contributed by atoms with Gasteiger partial charge in [0.1, 0.15) is 24.6 Å². The lowest BCUT2D eigenvalue weighted by Crippen LogP contribution is -2.35. The Labute approximate surface area is 188 Å². The molecule has 0 fully saturated rings. The van der Waals surface area contributed by atoms with Crippen molar-refractivity contribution in [2.24, 2.45) is 11.8 Å². The number of benzene rings is 1. The fourth-order valence-corrected chi connectivity index (χ4v) is 4.37. The van der Waals surface area contributed by atoms with E-state index in [2.05, 4.69) is 20.4 Å². The van der Waals surface area contributed by atoms with Crippen molar-refractivity contribution < 1.29 is 24.9 Å². The Hall–Kier alpha value is -2.18. The Morgan fingerprint density at radius 3 is 2.65 bits per heavy atom. The number of ether oxygens (including phenoxy) is 1. The number of fused-ring (bicyclic) bond motifs is 1. The fourth-order valence-electron chi connectivity index (χ4n) is 4.16.